The predicted octanol–water partition coefficient (Wildman–Crippen LogP) is 3.65. The van der Waals surface area contributed by atoms with Gasteiger partial charge in [-0.1, -0.05) is 28.1 Å². The molecule has 1 atom stereocenters. The molecule has 3 nitrogen and oxygen atoms in total. The van der Waals surface area contributed by atoms with E-state index in [0.29, 0.717) is 6.54 Å². The van der Waals surface area contributed by atoms with E-state index in [-0.39, 0.29) is 5.91 Å². The van der Waals surface area contributed by atoms with Gasteiger partial charge in [-0.15, -0.1) is 11.3 Å². The third kappa shape index (κ3) is 3.54. The summed E-state index contributed by atoms with van der Waals surface area (Å²) in [5, 5.41) is 2.04. The number of amides is 1. The number of carbonyl (C=O) groups is 1. The lowest BCUT2D eigenvalue weighted by Crippen LogP contribution is -2.49. The Morgan fingerprint density at radius 3 is 2.48 bits per heavy atom. The van der Waals surface area contributed by atoms with Crippen LogP contribution in [0.1, 0.15) is 22.9 Å². The first kappa shape index (κ1) is 16.2. The maximum atomic E-state index is 12.7. The van der Waals surface area contributed by atoms with E-state index in [1.165, 1.54) is 10.4 Å². The van der Waals surface area contributed by atoms with E-state index in [4.69, 9.17) is 5.73 Å². The number of nitrogens with two attached hydrogens (primary N) is 1. The summed E-state index contributed by atoms with van der Waals surface area (Å²) in [7, 11) is 1.80. The number of rotatable bonds is 4. The summed E-state index contributed by atoms with van der Waals surface area (Å²) >= 11 is 5.05. The van der Waals surface area contributed by atoms with Crippen LogP contribution in [0.25, 0.3) is 0 Å². The first-order valence-electron chi connectivity index (χ1n) is 6.66. The Morgan fingerprint density at radius 1 is 1.33 bits per heavy atom. The van der Waals surface area contributed by atoms with Gasteiger partial charge in [-0.3, -0.25) is 4.79 Å². The molecule has 1 heterocycles. The lowest BCUT2D eigenvalue weighted by molar-refractivity contribution is -0.135. The van der Waals surface area contributed by atoms with Gasteiger partial charge in [0.15, 0.2) is 0 Å². The first-order chi connectivity index (χ1) is 9.82. The fourth-order valence-electron chi connectivity index (χ4n) is 2.17. The lowest BCUT2D eigenvalue weighted by Gasteiger charge is -2.29. The standard InChI is InChI=1S/C16H19BrN2OS/c1-11-8-9-21-14(11)10-19(3)15(20)16(2,18)12-4-6-13(17)7-5-12/h4-9H,10,18H2,1-3H3. The van der Waals surface area contributed by atoms with E-state index in [1.807, 2.05) is 29.6 Å². The number of halogens is 1. The molecule has 5 heteroatoms. The molecule has 1 unspecified atom stereocenters. The quantitative estimate of drug-likeness (QED) is 0.897. The average Bonchev–Trinajstić information content (AvgIpc) is 2.83. The fraction of sp³-hybridized carbons (Fsp3) is 0.312. The van der Waals surface area contributed by atoms with Crippen molar-refractivity contribution in [2.75, 3.05) is 7.05 Å². The maximum absolute atomic E-state index is 12.7. The van der Waals surface area contributed by atoms with Gasteiger partial charge in [0, 0.05) is 16.4 Å². The van der Waals surface area contributed by atoms with Crippen LogP contribution in [-0.4, -0.2) is 17.9 Å². The molecule has 2 rings (SSSR count). The summed E-state index contributed by atoms with van der Waals surface area (Å²) in [5.74, 6) is -0.0855. The van der Waals surface area contributed by atoms with Gasteiger partial charge in [0.25, 0.3) is 0 Å². The number of hydrogen-bond donors (Lipinski definition) is 1. The SMILES string of the molecule is Cc1ccsc1CN(C)C(=O)C(C)(N)c1ccc(Br)cc1. The average molecular weight is 367 g/mol. The van der Waals surface area contributed by atoms with Crippen molar-refractivity contribution < 1.29 is 4.79 Å². The molecule has 0 radical (unpaired) electrons. The lowest BCUT2D eigenvalue weighted by atomic mass is 9.92. The molecule has 0 bridgehead atoms. The second kappa shape index (κ2) is 6.30. The van der Waals surface area contributed by atoms with Crippen LogP contribution in [-0.2, 0) is 16.9 Å². The van der Waals surface area contributed by atoms with Gasteiger partial charge in [-0.05, 0) is 48.6 Å². The minimum Gasteiger partial charge on any atom is -0.339 e. The van der Waals surface area contributed by atoms with E-state index in [1.54, 1.807) is 30.2 Å². The van der Waals surface area contributed by atoms with Gasteiger partial charge in [0.05, 0.1) is 6.54 Å². The highest BCUT2D eigenvalue weighted by molar-refractivity contribution is 9.10. The number of thiophene rings is 1. The van der Waals surface area contributed by atoms with Crippen LogP contribution in [0.3, 0.4) is 0 Å². The highest BCUT2D eigenvalue weighted by atomic mass is 79.9. The molecular formula is C16H19BrN2OS. The highest BCUT2D eigenvalue weighted by Gasteiger charge is 2.33. The largest absolute Gasteiger partial charge is 0.339 e. The summed E-state index contributed by atoms with van der Waals surface area (Å²) in [6, 6.07) is 9.63. The topological polar surface area (TPSA) is 46.3 Å². The minimum atomic E-state index is -1.03. The van der Waals surface area contributed by atoms with Crippen molar-refractivity contribution in [1.82, 2.24) is 4.90 Å². The molecule has 2 aromatic rings. The summed E-state index contributed by atoms with van der Waals surface area (Å²) < 4.78 is 0.970. The van der Waals surface area contributed by atoms with Crippen molar-refractivity contribution in [3.63, 3.8) is 0 Å². The Bertz CT molecular complexity index is 634. The molecule has 0 fully saturated rings. The minimum absolute atomic E-state index is 0.0855. The molecule has 2 N–H and O–H groups in total. The van der Waals surface area contributed by atoms with Crippen molar-refractivity contribution in [2.24, 2.45) is 5.73 Å². The van der Waals surface area contributed by atoms with Crippen LogP contribution in [0.2, 0.25) is 0 Å². The molecule has 0 spiro atoms. The van der Waals surface area contributed by atoms with Gasteiger partial charge in [-0.25, -0.2) is 0 Å². The molecule has 0 aliphatic rings. The fourth-order valence-corrected chi connectivity index (χ4v) is 3.39. The zero-order valence-electron chi connectivity index (χ0n) is 12.4. The summed E-state index contributed by atoms with van der Waals surface area (Å²) in [6.07, 6.45) is 0. The van der Waals surface area contributed by atoms with Crippen LogP contribution < -0.4 is 5.73 Å². The number of likely N-dealkylation sites (N-methyl/N-ethyl adjacent to an activating group) is 1. The molecule has 0 aliphatic carbocycles. The normalized spacial score (nSPS) is 13.8. The summed E-state index contributed by atoms with van der Waals surface area (Å²) in [5.41, 5.74) is 7.29. The Labute approximate surface area is 137 Å². The van der Waals surface area contributed by atoms with Crippen molar-refractivity contribution in [1.29, 1.82) is 0 Å². The van der Waals surface area contributed by atoms with Gasteiger partial charge in [-0.2, -0.15) is 0 Å². The van der Waals surface area contributed by atoms with E-state index in [9.17, 15) is 4.79 Å². The molecule has 1 aromatic heterocycles. The third-order valence-corrected chi connectivity index (χ3v) is 5.12. The van der Waals surface area contributed by atoms with Crippen molar-refractivity contribution >= 4 is 33.2 Å². The van der Waals surface area contributed by atoms with E-state index in [2.05, 4.69) is 28.9 Å². The number of carbonyl (C=O) groups excluding carboxylic acids is 1. The monoisotopic (exact) mass is 366 g/mol. The van der Waals surface area contributed by atoms with Gasteiger partial charge >= 0.3 is 0 Å². The molecule has 21 heavy (non-hydrogen) atoms. The second-order valence-electron chi connectivity index (χ2n) is 5.40. The number of hydrogen-bond acceptors (Lipinski definition) is 3. The molecule has 112 valence electrons. The van der Waals surface area contributed by atoms with Crippen molar-refractivity contribution in [2.45, 2.75) is 25.9 Å². The number of nitrogens with zero attached hydrogens (tertiary/aromatic N) is 1. The van der Waals surface area contributed by atoms with Crippen LogP contribution in [0, 0.1) is 6.92 Å². The zero-order chi connectivity index (χ0) is 15.6. The van der Waals surface area contributed by atoms with E-state index in [0.717, 1.165) is 10.0 Å². The molecule has 0 saturated carbocycles. The van der Waals surface area contributed by atoms with Crippen molar-refractivity contribution in [3.05, 3.63) is 56.2 Å². The Kier molecular flexibility index (Phi) is 4.86. The van der Waals surface area contributed by atoms with Gasteiger partial charge < -0.3 is 10.6 Å². The number of benzene rings is 1. The Morgan fingerprint density at radius 2 is 1.95 bits per heavy atom. The van der Waals surface area contributed by atoms with Gasteiger partial charge in [0.1, 0.15) is 5.54 Å². The smallest absolute Gasteiger partial charge is 0.247 e. The van der Waals surface area contributed by atoms with E-state index >= 15 is 0 Å². The maximum Gasteiger partial charge on any atom is 0.247 e. The third-order valence-electron chi connectivity index (χ3n) is 3.58. The van der Waals surface area contributed by atoms with E-state index < -0.39 is 5.54 Å². The number of aryl methyl sites for hydroxylation is 1. The second-order valence-corrected chi connectivity index (χ2v) is 7.31. The van der Waals surface area contributed by atoms with Crippen molar-refractivity contribution in [3.8, 4) is 0 Å². The summed E-state index contributed by atoms with van der Waals surface area (Å²) in [4.78, 5) is 15.6. The zero-order valence-corrected chi connectivity index (χ0v) is 14.8. The molecule has 1 aromatic carbocycles. The highest BCUT2D eigenvalue weighted by Crippen LogP contribution is 2.24. The predicted molar refractivity (Wildman–Crippen MR) is 91.2 cm³/mol. The molecule has 0 saturated heterocycles. The Balaban J connectivity index is 2.17. The van der Waals surface area contributed by atoms with Crippen LogP contribution >= 0.6 is 27.3 Å². The first-order valence-corrected chi connectivity index (χ1v) is 8.33. The molecular weight excluding hydrogens is 348 g/mol. The molecule has 1 amide bonds. The Hall–Kier alpha value is -1.17. The van der Waals surface area contributed by atoms with Gasteiger partial charge in [0.2, 0.25) is 5.91 Å². The van der Waals surface area contributed by atoms with Crippen LogP contribution in [0.5, 0.6) is 0 Å². The van der Waals surface area contributed by atoms with Crippen LogP contribution in [0.4, 0.5) is 0 Å². The molecule has 0 aliphatic heterocycles. The summed E-state index contributed by atoms with van der Waals surface area (Å²) in [6.45, 7) is 4.41. The van der Waals surface area contributed by atoms with Crippen LogP contribution in [0.15, 0.2) is 40.2 Å².